The van der Waals surface area contributed by atoms with E-state index in [2.05, 4.69) is 20.7 Å². The van der Waals surface area contributed by atoms with Crippen LogP contribution in [0.2, 0.25) is 5.02 Å². The van der Waals surface area contributed by atoms with Crippen LogP contribution in [0.4, 0.5) is 19.1 Å². The van der Waals surface area contributed by atoms with E-state index in [0.717, 1.165) is 43.9 Å². The number of fused-ring (bicyclic) bond motifs is 1. The van der Waals surface area contributed by atoms with Gasteiger partial charge in [0.05, 0.1) is 16.1 Å². The van der Waals surface area contributed by atoms with Crippen molar-refractivity contribution in [2.45, 2.75) is 37.9 Å². The zero-order chi connectivity index (χ0) is 22.9. The number of rotatable bonds is 5. The Bertz CT molecular complexity index is 1130. The molecule has 2 radical (unpaired) electrons. The summed E-state index contributed by atoms with van der Waals surface area (Å²) in [6.45, 7) is 0.687. The first kappa shape index (κ1) is 22.4. The summed E-state index contributed by atoms with van der Waals surface area (Å²) in [6.07, 6.45) is 0.372. The minimum atomic E-state index is -4.53. The normalized spacial score (nSPS) is 19.1. The Balaban J connectivity index is 1.28. The van der Waals surface area contributed by atoms with Gasteiger partial charge in [-0.25, -0.2) is 4.52 Å². The van der Waals surface area contributed by atoms with Gasteiger partial charge in [0.15, 0.2) is 5.65 Å². The van der Waals surface area contributed by atoms with Gasteiger partial charge in [0.1, 0.15) is 7.85 Å². The number of alkyl halides is 3. The molecule has 1 fully saturated rings. The second-order valence-corrected chi connectivity index (χ2v) is 8.37. The molecule has 3 aromatic rings. The number of halogens is 4. The average Bonchev–Trinajstić information content (AvgIpc) is 3.14. The predicted molar refractivity (Wildman–Crippen MR) is 117 cm³/mol. The van der Waals surface area contributed by atoms with Crippen LogP contribution in [0.25, 0.3) is 5.65 Å². The summed E-state index contributed by atoms with van der Waals surface area (Å²) in [4.78, 5) is 16.9. The smallest absolute Gasteiger partial charge is 0.353 e. The largest absolute Gasteiger partial charge is 0.416 e. The molecule has 166 valence electrons. The lowest BCUT2D eigenvalue weighted by Gasteiger charge is -2.29. The lowest BCUT2D eigenvalue weighted by molar-refractivity contribution is -0.137. The van der Waals surface area contributed by atoms with Gasteiger partial charge >= 0.3 is 6.18 Å². The second-order valence-electron chi connectivity index (χ2n) is 7.96. The number of aromatic nitrogens is 3. The van der Waals surface area contributed by atoms with Crippen molar-refractivity contribution in [3.8, 4) is 0 Å². The molecule has 0 spiro atoms. The van der Waals surface area contributed by atoms with Gasteiger partial charge in [-0.2, -0.15) is 18.2 Å². The van der Waals surface area contributed by atoms with Crippen LogP contribution in [-0.2, 0) is 6.18 Å². The Morgan fingerprint density at radius 1 is 1.19 bits per heavy atom. The number of benzene rings is 1. The van der Waals surface area contributed by atoms with Crippen LogP contribution < -0.4 is 16.1 Å². The number of nitrogens with one attached hydrogen (secondary N) is 2. The SMILES string of the molecule is [B]c1ccn2nc(NCC3CCC(NC(=O)c4cc(C(F)(F)F)ccc4Cl)CC3)nc2c1. The quantitative estimate of drug-likeness (QED) is 0.570. The lowest BCUT2D eigenvalue weighted by atomic mass is 9.86. The van der Waals surface area contributed by atoms with E-state index in [1.54, 1.807) is 22.8 Å². The number of hydrogen-bond acceptors (Lipinski definition) is 4. The van der Waals surface area contributed by atoms with Crippen LogP contribution in [0.1, 0.15) is 41.6 Å². The lowest BCUT2D eigenvalue weighted by Crippen LogP contribution is -2.38. The molecule has 2 aromatic heterocycles. The monoisotopic (exact) mass is 461 g/mol. The minimum Gasteiger partial charge on any atom is -0.353 e. The van der Waals surface area contributed by atoms with Gasteiger partial charge < -0.3 is 10.6 Å². The molecule has 4 rings (SSSR count). The summed E-state index contributed by atoms with van der Waals surface area (Å²) in [7, 11) is 5.75. The first-order valence-electron chi connectivity index (χ1n) is 10.2. The van der Waals surface area contributed by atoms with Crippen LogP contribution in [-0.4, -0.2) is 40.9 Å². The molecule has 0 saturated heterocycles. The Kier molecular flexibility index (Phi) is 6.32. The van der Waals surface area contributed by atoms with E-state index in [1.165, 1.54) is 0 Å². The third-order valence-corrected chi connectivity index (χ3v) is 5.96. The second kappa shape index (κ2) is 9.01. The van der Waals surface area contributed by atoms with E-state index in [1.807, 2.05) is 0 Å². The van der Waals surface area contributed by atoms with Crippen molar-refractivity contribution in [2.75, 3.05) is 11.9 Å². The molecule has 1 aliphatic carbocycles. The molecule has 1 saturated carbocycles. The molecule has 2 N–H and O–H groups in total. The van der Waals surface area contributed by atoms with E-state index in [4.69, 9.17) is 19.4 Å². The molecule has 1 aliphatic rings. The summed E-state index contributed by atoms with van der Waals surface area (Å²) in [6, 6.07) is 6.13. The Labute approximate surface area is 189 Å². The minimum absolute atomic E-state index is 0.00454. The first-order valence-corrected chi connectivity index (χ1v) is 10.6. The van der Waals surface area contributed by atoms with Gasteiger partial charge in [-0.1, -0.05) is 23.1 Å². The van der Waals surface area contributed by atoms with Crippen molar-refractivity contribution in [1.82, 2.24) is 19.9 Å². The molecular weight excluding hydrogens is 442 g/mol. The van der Waals surface area contributed by atoms with E-state index >= 15 is 0 Å². The molecular formula is C21H20BClF3N5O. The number of amides is 1. The van der Waals surface area contributed by atoms with Crippen LogP contribution in [0.15, 0.2) is 36.5 Å². The van der Waals surface area contributed by atoms with Crippen molar-refractivity contribution in [1.29, 1.82) is 0 Å². The molecule has 2 heterocycles. The molecule has 32 heavy (non-hydrogen) atoms. The molecule has 11 heteroatoms. The van der Waals surface area contributed by atoms with Gasteiger partial charge in [-0.05, 0) is 55.9 Å². The molecule has 0 unspecified atom stereocenters. The number of carbonyl (C=O) groups is 1. The Hall–Kier alpha value is -2.75. The van der Waals surface area contributed by atoms with Crippen molar-refractivity contribution in [3.63, 3.8) is 0 Å². The highest BCUT2D eigenvalue weighted by Gasteiger charge is 2.32. The maximum Gasteiger partial charge on any atom is 0.416 e. The summed E-state index contributed by atoms with van der Waals surface area (Å²) in [5.41, 5.74) is 0.212. The van der Waals surface area contributed by atoms with Crippen LogP contribution in [0, 0.1) is 5.92 Å². The predicted octanol–water partition coefficient (Wildman–Crippen LogP) is 3.60. The number of anilines is 1. The average molecular weight is 462 g/mol. The van der Waals surface area contributed by atoms with Gasteiger partial charge in [-0.3, -0.25) is 4.79 Å². The molecule has 1 aromatic carbocycles. The van der Waals surface area contributed by atoms with Crippen LogP contribution in [0.5, 0.6) is 0 Å². The highest BCUT2D eigenvalue weighted by atomic mass is 35.5. The third-order valence-electron chi connectivity index (χ3n) is 5.63. The maximum absolute atomic E-state index is 12.9. The van der Waals surface area contributed by atoms with Gasteiger partial charge in [-0.15, -0.1) is 5.10 Å². The van der Waals surface area contributed by atoms with E-state index in [-0.39, 0.29) is 16.6 Å². The van der Waals surface area contributed by atoms with Gasteiger partial charge in [0.25, 0.3) is 5.91 Å². The standard InChI is InChI=1S/C21H20BClF3N5O/c22-14-7-8-31-18(10-14)29-20(30-31)27-11-12-1-4-15(5-2-12)28-19(32)16-9-13(21(24,25)26)3-6-17(16)23/h3,6-10,12,15H,1-2,4-5,11H2,(H,27,30)(H,28,32). The van der Waals surface area contributed by atoms with E-state index in [0.29, 0.717) is 29.5 Å². The Morgan fingerprint density at radius 3 is 2.66 bits per heavy atom. The molecule has 0 atom stereocenters. The highest BCUT2D eigenvalue weighted by Crippen LogP contribution is 2.32. The van der Waals surface area contributed by atoms with Gasteiger partial charge in [0.2, 0.25) is 5.95 Å². The fourth-order valence-corrected chi connectivity index (χ4v) is 4.06. The van der Waals surface area contributed by atoms with Crippen LogP contribution in [0.3, 0.4) is 0 Å². The summed E-state index contributed by atoms with van der Waals surface area (Å²) in [5.74, 6) is 0.304. The highest BCUT2D eigenvalue weighted by molar-refractivity contribution is 6.34. The zero-order valence-corrected chi connectivity index (χ0v) is 17.7. The summed E-state index contributed by atoms with van der Waals surface area (Å²) in [5, 5.41) is 10.4. The first-order chi connectivity index (χ1) is 15.2. The van der Waals surface area contributed by atoms with Crippen LogP contribution >= 0.6 is 11.6 Å². The zero-order valence-electron chi connectivity index (χ0n) is 17.0. The topological polar surface area (TPSA) is 71.3 Å². The fourth-order valence-electron chi connectivity index (χ4n) is 3.86. The molecule has 1 amide bonds. The summed E-state index contributed by atoms with van der Waals surface area (Å²) < 4.78 is 40.5. The number of pyridine rings is 1. The van der Waals surface area contributed by atoms with Crippen molar-refractivity contribution < 1.29 is 18.0 Å². The third kappa shape index (κ3) is 5.17. The van der Waals surface area contributed by atoms with E-state index in [9.17, 15) is 18.0 Å². The van der Waals surface area contributed by atoms with Crippen molar-refractivity contribution in [2.24, 2.45) is 5.92 Å². The maximum atomic E-state index is 12.9. The number of carbonyl (C=O) groups excluding carboxylic acids is 1. The molecule has 0 aliphatic heterocycles. The van der Waals surface area contributed by atoms with Crippen molar-refractivity contribution >= 4 is 42.4 Å². The van der Waals surface area contributed by atoms with Crippen molar-refractivity contribution in [3.05, 3.63) is 52.7 Å². The van der Waals surface area contributed by atoms with E-state index < -0.39 is 17.6 Å². The number of hydrogen-bond donors (Lipinski definition) is 2. The number of nitrogens with zero attached hydrogens (tertiary/aromatic N) is 3. The fraction of sp³-hybridized carbons (Fsp3) is 0.381. The Morgan fingerprint density at radius 2 is 1.94 bits per heavy atom. The molecule has 6 nitrogen and oxygen atoms in total. The molecule has 0 bridgehead atoms. The van der Waals surface area contributed by atoms with Gasteiger partial charge in [0, 0.05) is 18.8 Å². The summed E-state index contributed by atoms with van der Waals surface area (Å²) >= 11 is 5.96.